The van der Waals surface area contributed by atoms with E-state index >= 15 is 0 Å². The zero-order valence-electron chi connectivity index (χ0n) is 7.57. The van der Waals surface area contributed by atoms with Crippen LogP contribution in [-0.4, -0.2) is 18.4 Å². The number of rotatable bonds is 2. The Bertz CT molecular complexity index is 273. The molecule has 2 heterocycles. The van der Waals surface area contributed by atoms with Crippen molar-refractivity contribution in [1.29, 1.82) is 0 Å². The van der Waals surface area contributed by atoms with Gasteiger partial charge in [-0.15, -0.1) is 0 Å². The van der Waals surface area contributed by atoms with Crippen molar-refractivity contribution < 1.29 is 9.41 Å². The van der Waals surface area contributed by atoms with Crippen LogP contribution in [0.2, 0.25) is 0 Å². The Morgan fingerprint density at radius 2 is 1.29 bits per heavy atom. The number of H-pyrrole nitrogens is 2. The highest BCUT2D eigenvalue weighted by molar-refractivity contribution is 5.75. The first-order valence-corrected chi connectivity index (χ1v) is 3.70. The minimum absolute atomic E-state index is 0. The van der Waals surface area contributed by atoms with Gasteiger partial charge in [-0.3, -0.25) is 9.41 Å². The van der Waals surface area contributed by atoms with Gasteiger partial charge in [0.15, 0.2) is 0 Å². The average molecular weight is 197 g/mol. The Balaban J connectivity index is 0. The molecule has 2 aromatic rings. The van der Waals surface area contributed by atoms with Gasteiger partial charge in [0, 0.05) is 38.6 Å². The van der Waals surface area contributed by atoms with Gasteiger partial charge in [0.1, 0.15) is 0 Å². The summed E-state index contributed by atoms with van der Waals surface area (Å²) in [6, 6.07) is 8.19. The first-order valence-electron chi connectivity index (χ1n) is 3.70. The monoisotopic (exact) mass is 197 g/mol. The van der Waals surface area contributed by atoms with E-state index in [1.54, 1.807) is 0 Å². The van der Waals surface area contributed by atoms with Crippen LogP contribution >= 0.6 is 0 Å². The highest BCUT2D eigenvalue weighted by Crippen LogP contribution is 2.03. The minimum atomic E-state index is 0. The maximum absolute atomic E-state index is 3.16. The van der Waals surface area contributed by atoms with Crippen molar-refractivity contribution in [3.05, 3.63) is 48.0 Å². The molecule has 5 heteroatoms. The lowest BCUT2D eigenvalue weighted by molar-refractivity contribution is 1.05. The Hall–Kier alpha value is -1.52. The van der Waals surface area contributed by atoms with Gasteiger partial charge in [0.2, 0.25) is 0 Å². The molecule has 2 aromatic heterocycles. The molecular formula is C9H12BF2N2. The van der Waals surface area contributed by atoms with Crippen LogP contribution in [0.3, 0.4) is 0 Å². The largest absolute Gasteiger partial charge is 0.365 e. The lowest BCUT2D eigenvalue weighted by Crippen LogP contribution is -1.86. The van der Waals surface area contributed by atoms with Crippen LogP contribution in [0.1, 0.15) is 11.4 Å². The van der Waals surface area contributed by atoms with Gasteiger partial charge in [0.05, 0.1) is 0 Å². The molecule has 14 heavy (non-hydrogen) atoms. The third-order valence-electron chi connectivity index (χ3n) is 1.71. The summed E-state index contributed by atoms with van der Waals surface area (Å²) < 4.78 is 0. The maximum atomic E-state index is 3.16. The summed E-state index contributed by atoms with van der Waals surface area (Å²) in [6.07, 6.45) is 4.84. The van der Waals surface area contributed by atoms with Crippen LogP contribution in [0.15, 0.2) is 36.7 Å². The molecule has 0 fully saturated rings. The molecule has 0 amide bonds. The molecule has 2 N–H and O–H groups in total. The molecule has 0 aromatic carbocycles. The number of hydrogen-bond donors (Lipinski definition) is 2. The van der Waals surface area contributed by atoms with E-state index in [9.17, 15) is 0 Å². The van der Waals surface area contributed by atoms with Crippen LogP contribution < -0.4 is 0 Å². The van der Waals surface area contributed by atoms with E-state index in [0.29, 0.717) is 0 Å². The fourth-order valence-corrected chi connectivity index (χ4v) is 1.16. The predicted octanol–water partition coefficient (Wildman–Crippen LogP) is 1.86. The molecule has 0 aliphatic carbocycles. The Kier molecular flexibility index (Phi) is 7.43. The van der Waals surface area contributed by atoms with E-state index in [4.69, 9.17) is 0 Å². The standard InChI is InChI=1S/C9H10N2.B.2FH/c1-3-8(10-5-1)7-9-4-2-6-11-9;;;/h1-6,10-11H,7H2;;2*1H. The average Bonchev–Trinajstić information content (AvgIpc) is 2.60. The fourth-order valence-electron chi connectivity index (χ4n) is 1.16. The summed E-state index contributed by atoms with van der Waals surface area (Å²) in [4.78, 5) is 6.31. The molecule has 0 atom stereocenters. The van der Waals surface area contributed by atoms with E-state index < -0.39 is 0 Å². The van der Waals surface area contributed by atoms with Crippen molar-refractivity contribution in [3.8, 4) is 0 Å². The van der Waals surface area contributed by atoms with E-state index in [1.807, 2.05) is 24.5 Å². The van der Waals surface area contributed by atoms with Gasteiger partial charge in [0.25, 0.3) is 0 Å². The van der Waals surface area contributed by atoms with Gasteiger partial charge in [-0.25, -0.2) is 0 Å². The van der Waals surface area contributed by atoms with Crippen molar-refractivity contribution in [2.24, 2.45) is 0 Å². The second-order valence-electron chi connectivity index (χ2n) is 2.57. The lowest BCUT2D eigenvalue weighted by Gasteiger charge is -1.92. The van der Waals surface area contributed by atoms with Crippen molar-refractivity contribution in [2.75, 3.05) is 0 Å². The molecule has 2 nitrogen and oxygen atoms in total. The van der Waals surface area contributed by atoms with Crippen molar-refractivity contribution >= 4 is 8.41 Å². The molecule has 0 bridgehead atoms. The third-order valence-corrected chi connectivity index (χ3v) is 1.71. The van der Waals surface area contributed by atoms with Crippen LogP contribution in [0.25, 0.3) is 0 Å². The molecule has 75 valence electrons. The molecule has 0 aliphatic heterocycles. The third kappa shape index (κ3) is 3.47. The lowest BCUT2D eigenvalue weighted by atomic mass is 10.2. The summed E-state index contributed by atoms with van der Waals surface area (Å²) in [7, 11) is 0. The topological polar surface area (TPSA) is 31.6 Å². The molecular weight excluding hydrogens is 185 g/mol. The van der Waals surface area contributed by atoms with Crippen LogP contribution in [0, 0.1) is 0 Å². The second-order valence-corrected chi connectivity index (χ2v) is 2.57. The Morgan fingerprint density at radius 1 is 0.857 bits per heavy atom. The zero-order chi connectivity index (χ0) is 7.52. The molecule has 0 saturated heterocycles. The Morgan fingerprint density at radius 3 is 1.57 bits per heavy atom. The molecule has 0 spiro atoms. The normalized spacial score (nSPS) is 8.00. The van der Waals surface area contributed by atoms with Crippen molar-refractivity contribution in [3.63, 3.8) is 0 Å². The SMILES string of the molecule is F.F.[B].c1c[nH]c(Cc2ccc[nH]2)c1. The molecule has 0 saturated carbocycles. The summed E-state index contributed by atoms with van der Waals surface area (Å²) in [5, 5.41) is 0. The summed E-state index contributed by atoms with van der Waals surface area (Å²) in [6.45, 7) is 0. The number of nitrogens with one attached hydrogen (secondary N) is 2. The molecule has 0 unspecified atom stereocenters. The summed E-state index contributed by atoms with van der Waals surface area (Å²) >= 11 is 0. The predicted molar refractivity (Wildman–Crippen MR) is 55.2 cm³/mol. The van der Waals surface area contributed by atoms with E-state index in [1.165, 1.54) is 11.4 Å². The molecule has 3 radical (unpaired) electrons. The molecule has 2 rings (SSSR count). The Labute approximate surface area is 83.1 Å². The van der Waals surface area contributed by atoms with Crippen LogP contribution in [0.5, 0.6) is 0 Å². The highest BCUT2D eigenvalue weighted by atomic mass is 19.0. The van der Waals surface area contributed by atoms with Crippen LogP contribution in [0.4, 0.5) is 9.41 Å². The van der Waals surface area contributed by atoms with Crippen LogP contribution in [-0.2, 0) is 6.42 Å². The first kappa shape index (κ1) is 15.0. The highest BCUT2D eigenvalue weighted by Gasteiger charge is 1.94. The van der Waals surface area contributed by atoms with Gasteiger partial charge >= 0.3 is 0 Å². The number of aromatic nitrogens is 2. The smallest absolute Gasteiger partial charge is 0.0278 e. The fraction of sp³-hybridized carbons (Fsp3) is 0.111. The van der Waals surface area contributed by atoms with E-state index in [-0.39, 0.29) is 17.8 Å². The quantitative estimate of drug-likeness (QED) is 0.688. The summed E-state index contributed by atoms with van der Waals surface area (Å²) in [5.74, 6) is 0. The number of halogens is 2. The van der Waals surface area contributed by atoms with Crippen molar-refractivity contribution in [1.82, 2.24) is 9.97 Å². The second kappa shape index (κ2) is 6.94. The number of aromatic amines is 2. The molecule has 0 aliphatic rings. The summed E-state index contributed by atoms with van der Waals surface area (Å²) in [5.41, 5.74) is 2.49. The first-order chi connectivity index (χ1) is 5.45. The zero-order valence-corrected chi connectivity index (χ0v) is 7.57. The number of hydrogen-bond acceptors (Lipinski definition) is 0. The van der Waals surface area contributed by atoms with Gasteiger partial charge in [-0.2, -0.15) is 0 Å². The van der Waals surface area contributed by atoms with Gasteiger partial charge < -0.3 is 9.97 Å². The van der Waals surface area contributed by atoms with Gasteiger partial charge in [-0.05, 0) is 24.3 Å². The maximum Gasteiger partial charge on any atom is 0.0278 e. The van der Waals surface area contributed by atoms with E-state index in [2.05, 4.69) is 22.1 Å². The van der Waals surface area contributed by atoms with Crippen molar-refractivity contribution in [2.45, 2.75) is 6.42 Å². The minimum Gasteiger partial charge on any atom is -0.365 e. The van der Waals surface area contributed by atoms with E-state index in [0.717, 1.165) is 6.42 Å². The van der Waals surface area contributed by atoms with Gasteiger partial charge in [-0.1, -0.05) is 0 Å².